The molecule has 0 aromatic heterocycles. The second-order valence-corrected chi connectivity index (χ2v) is 16.4. The van der Waals surface area contributed by atoms with Crippen LogP contribution in [0.3, 0.4) is 0 Å². The average molecular weight is 433 g/mol. The van der Waals surface area contributed by atoms with Gasteiger partial charge in [-0.05, 0) is 65.6 Å². The van der Waals surface area contributed by atoms with Crippen molar-refractivity contribution in [1.29, 1.82) is 0 Å². The van der Waals surface area contributed by atoms with Crippen molar-refractivity contribution in [3.63, 3.8) is 0 Å². The number of hydrogen-bond donors (Lipinski definition) is 1. The molecule has 1 N–H and O–H groups in total. The van der Waals surface area contributed by atoms with Crippen LogP contribution >= 0.6 is 0 Å². The summed E-state index contributed by atoms with van der Waals surface area (Å²) in [5.41, 5.74) is -1.60. The minimum Gasteiger partial charge on any atom is -0.459 e. The van der Waals surface area contributed by atoms with Gasteiger partial charge in [-0.3, -0.25) is 9.59 Å². The van der Waals surface area contributed by atoms with E-state index in [4.69, 9.17) is 13.9 Å². The van der Waals surface area contributed by atoms with E-state index in [0.29, 0.717) is 0 Å². The van der Waals surface area contributed by atoms with E-state index in [2.05, 4.69) is 33.9 Å². The molecule has 0 saturated carbocycles. The number of carbonyl (C=O) groups excluding carboxylic acids is 2. The number of esters is 2. The van der Waals surface area contributed by atoms with Crippen molar-refractivity contribution < 1.29 is 28.6 Å². The van der Waals surface area contributed by atoms with Crippen LogP contribution in [0.25, 0.3) is 0 Å². The molecule has 0 saturated heterocycles. The van der Waals surface area contributed by atoms with E-state index in [1.165, 1.54) is 0 Å². The van der Waals surface area contributed by atoms with Crippen molar-refractivity contribution in [2.45, 2.75) is 118 Å². The van der Waals surface area contributed by atoms with Gasteiger partial charge in [0, 0.05) is 0 Å². The van der Waals surface area contributed by atoms with Gasteiger partial charge >= 0.3 is 11.9 Å². The van der Waals surface area contributed by atoms with E-state index in [1.54, 1.807) is 41.5 Å². The molecule has 2 atom stereocenters. The Balaban J connectivity index is 6.03. The SMILES string of the molecule is CC(C)[C@H](O[Si](C)(C)C(C)(C)C)[C@@H](O)C(C(=O)OC(C)(C)C)C(=O)OC(C)(C)C. The van der Waals surface area contributed by atoms with Gasteiger partial charge in [0.1, 0.15) is 17.3 Å². The van der Waals surface area contributed by atoms with Crippen LogP contribution < -0.4 is 0 Å². The molecular weight excluding hydrogens is 388 g/mol. The van der Waals surface area contributed by atoms with Crippen LogP contribution in [0.4, 0.5) is 0 Å². The van der Waals surface area contributed by atoms with E-state index in [9.17, 15) is 14.7 Å². The fourth-order valence-electron chi connectivity index (χ4n) is 2.41. The summed E-state index contributed by atoms with van der Waals surface area (Å²) in [4.78, 5) is 25.8. The van der Waals surface area contributed by atoms with Gasteiger partial charge in [-0.2, -0.15) is 0 Å². The predicted octanol–water partition coefficient (Wildman–Crippen LogP) is 4.69. The summed E-state index contributed by atoms with van der Waals surface area (Å²) in [7, 11) is -2.27. The molecule has 0 bridgehead atoms. The van der Waals surface area contributed by atoms with Crippen molar-refractivity contribution in [1.82, 2.24) is 0 Å². The summed E-state index contributed by atoms with van der Waals surface area (Å²) in [5, 5.41) is 11.1. The highest BCUT2D eigenvalue weighted by atomic mass is 28.4. The van der Waals surface area contributed by atoms with Gasteiger partial charge in [0.05, 0.1) is 6.10 Å². The number of hydrogen-bond acceptors (Lipinski definition) is 6. The van der Waals surface area contributed by atoms with Crippen LogP contribution in [-0.4, -0.2) is 48.8 Å². The standard InChI is InChI=1S/C22H44O6Si/c1-14(2)17(28-29(12,13)22(9,10)11)16(23)15(18(24)26-20(3,4)5)19(25)27-21(6,7)8/h14-17,23H,1-13H3/t16-,17-/m0/s1. The van der Waals surface area contributed by atoms with Crippen LogP contribution in [0.2, 0.25) is 18.1 Å². The van der Waals surface area contributed by atoms with E-state index >= 15 is 0 Å². The van der Waals surface area contributed by atoms with Crippen molar-refractivity contribution in [2.75, 3.05) is 0 Å². The molecular formula is C22H44O6Si. The normalized spacial score (nSPS) is 16.0. The second-order valence-electron chi connectivity index (χ2n) is 11.6. The molecule has 29 heavy (non-hydrogen) atoms. The fourth-order valence-corrected chi connectivity index (χ4v) is 3.86. The molecule has 0 aliphatic rings. The van der Waals surface area contributed by atoms with Crippen LogP contribution in [0, 0.1) is 11.8 Å². The third-order valence-electron chi connectivity index (χ3n) is 4.89. The Labute approximate surface area is 178 Å². The van der Waals surface area contributed by atoms with Gasteiger partial charge in [-0.15, -0.1) is 0 Å². The van der Waals surface area contributed by atoms with Gasteiger partial charge in [-0.25, -0.2) is 0 Å². The molecule has 0 radical (unpaired) electrons. The summed E-state index contributed by atoms with van der Waals surface area (Å²) in [6.07, 6.45) is -2.09. The van der Waals surface area contributed by atoms with Crippen LogP contribution in [0.15, 0.2) is 0 Å². The Morgan fingerprint density at radius 3 is 1.38 bits per heavy atom. The summed E-state index contributed by atoms with van der Waals surface area (Å²) in [6.45, 7) is 24.6. The number of carbonyl (C=O) groups is 2. The Bertz CT molecular complexity index is 535. The summed E-state index contributed by atoms with van der Waals surface area (Å²) in [5.74, 6) is -3.20. The molecule has 0 aliphatic heterocycles. The van der Waals surface area contributed by atoms with Crippen LogP contribution in [0.5, 0.6) is 0 Å². The monoisotopic (exact) mass is 432 g/mol. The molecule has 0 unspecified atom stereocenters. The molecule has 0 spiro atoms. The Morgan fingerprint density at radius 2 is 1.14 bits per heavy atom. The fraction of sp³-hybridized carbons (Fsp3) is 0.909. The van der Waals surface area contributed by atoms with E-state index in [0.717, 1.165) is 0 Å². The molecule has 172 valence electrons. The minimum atomic E-state index is -2.27. The second kappa shape index (κ2) is 9.48. The third-order valence-corrected chi connectivity index (χ3v) is 9.37. The largest absolute Gasteiger partial charge is 0.459 e. The quantitative estimate of drug-likeness (QED) is 0.357. The zero-order chi connectivity index (χ0) is 23.6. The Hall–Kier alpha value is -0.923. The molecule has 0 aliphatic carbocycles. The van der Waals surface area contributed by atoms with Gasteiger partial charge in [0.2, 0.25) is 0 Å². The summed E-state index contributed by atoms with van der Waals surface area (Å²) < 4.78 is 17.3. The highest BCUT2D eigenvalue weighted by Gasteiger charge is 2.48. The Morgan fingerprint density at radius 1 is 0.793 bits per heavy atom. The van der Waals surface area contributed by atoms with Crippen molar-refractivity contribution in [2.24, 2.45) is 11.8 Å². The minimum absolute atomic E-state index is 0.0901. The first-order chi connectivity index (χ1) is 12.6. The molecule has 6 nitrogen and oxygen atoms in total. The molecule has 0 aromatic carbocycles. The summed E-state index contributed by atoms with van der Waals surface area (Å²) >= 11 is 0. The maximum absolute atomic E-state index is 12.9. The molecule has 0 aromatic rings. The third kappa shape index (κ3) is 9.18. The average Bonchev–Trinajstić information content (AvgIpc) is 2.38. The highest BCUT2D eigenvalue weighted by Crippen LogP contribution is 2.39. The van der Waals surface area contributed by atoms with Gasteiger partial charge in [0.25, 0.3) is 0 Å². The van der Waals surface area contributed by atoms with Gasteiger partial charge < -0.3 is 19.0 Å². The smallest absolute Gasteiger partial charge is 0.323 e. The lowest BCUT2D eigenvalue weighted by Gasteiger charge is -2.42. The maximum Gasteiger partial charge on any atom is 0.323 e. The number of rotatable bonds is 7. The molecule has 0 rings (SSSR count). The van der Waals surface area contributed by atoms with Gasteiger partial charge in [-0.1, -0.05) is 34.6 Å². The van der Waals surface area contributed by atoms with E-state index in [1.807, 2.05) is 13.8 Å². The van der Waals surface area contributed by atoms with Crippen molar-refractivity contribution in [3.8, 4) is 0 Å². The highest BCUT2D eigenvalue weighted by molar-refractivity contribution is 6.74. The lowest BCUT2D eigenvalue weighted by atomic mass is 9.91. The predicted molar refractivity (Wildman–Crippen MR) is 118 cm³/mol. The summed E-state index contributed by atoms with van der Waals surface area (Å²) in [6, 6.07) is 0. The van der Waals surface area contributed by atoms with Crippen molar-refractivity contribution in [3.05, 3.63) is 0 Å². The number of aliphatic hydroxyl groups excluding tert-OH is 1. The topological polar surface area (TPSA) is 82.1 Å². The maximum atomic E-state index is 12.9. The first-order valence-electron chi connectivity index (χ1n) is 10.4. The van der Waals surface area contributed by atoms with Crippen molar-refractivity contribution >= 4 is 20.3 Å². The number of ether oxygens (including phenoxy) is 2. The lowest BCUT2D eigenvalue weighted by molar-refractivity contribution is -0.184. The van der Waals surface area contributed by atoms with Gasteiger partial charge in [0.15, 0.2) is 14.2 Å². The molecule has 7 heteroatoms. The first kappa shape index (κ1) is 28.1. The van der Waals surface area contributed by atoms with Crippen LogP contribution in [-0.2, 0) is 23.5 Å². The zero-order valence-electron chi connectivity index (χ0n) is 20.8. The first-order valence-corrected chi connectivity index (χ1v) is 13.3. The van der Waals surface area contributed by atoms with E-state index < -0.39 is 49.6 Å². The Kier molecular flexibility index (Phi) is 9.18. The van der Waals surface area contributed by atoms with Crippen LogP contribution in [0.1, 0.15) is 76.2 Å². The molecule has 0 heterocycles. The molecule has 0 amide bonds. The van der Waals surface area contributed by atoms with E-state index in [-0.39, 0.29) is 11.0 Å². The molecule has 0 fully saturated rings. The lowest BCUT2D eigenvalue weighted by Crippen LogP contribution is -2.54. The zero-order valence-corrected chi connectivity index (χ0v) is 21.8. The number of aliphatic hydroxyl groups is 1.